The maximum atomic E-state index is 11.9. The van der Waals surface area contributed by atoms with Crippen LogP contribution in [-0.4, -0.2) is 36.0 Å². The van der Waals surface area contributed by atoms with Crippen molar-refractivity contribution in [3.05, 3.63) is 23.7 Å². The zero-order valence-corrected chi connectivity index (χ0v) is 13.1. The van der Waals surface area contributed by atoms with Crippen LogP contribution in [0.4, 0.5) is 0 Å². The van der Waals surface area contributed by atoms with Gasteiger partial charge >= 0.3 is 5.97 Å². The van der Waals surface area contributed by atoms with E-state index in [2.05, 4.69) is 10.6 Å². The fraction of sp³-hybridized carbons (Fsp3) is 0.562. The highest BCUT2D eigenvalue weighted by molar-refractivity contribution is 5.92. The van der Waals surface area contributed by atoms with E-state index >= 15 is 0 Å². The van der Waals surface area contributed by atoms with Crippen molar-refractivity contribution in [2.24, 2.45) is 11.8 Å². The summed E-state index contributed by atoms with van der Waals surface area (Å²) in [7, 11) is 0. The molecule has 23 heavy (non-hydrogen) atoms. The lowest BCUT2D eigenvalue weighted by Gasteiger charge is -2.11. The molecule has 7 nitrogen and oxygen atoms in total. The Balaban J connectivity index is 1.61. The van der Waals surface area contributed by atoms with Crippen molar-refractivity contribution in [2.75, 3.05) is 13.1 Å². The molecule has 1 aliphatic carbocycles. The maximum Gasteiger partial charge on any atom is 0.306 e. The van der Waals surface area contributed by atoms with Crippen LogP contribution in [0, 0.1) is 18.8 Å². The molecule has 1 aromatic rings. The number of rotatable bonds is 7. The number of carbonyl (C=O) groups is 3. The normalized spacial score (nSPS) is 20.2. The fourth-order valence-electron chi connectivity index (χ4n) is 2.78. The largest absolute Gasteiger partial charge is 0.481 e. The number of aliphatic carboxylic acids is 1. The zero-order chi connectivity index (χ0) is 16.8. The molecule has 0 spiro atoms. The van der Waals surface area contributed by atoms with Gasteiger partial charge in [0.2, 0.25) is 5.91 Å². The first-order valence-electron chi connectivity index (χ1n) is 7.82. The highest BCUT2D eigenvalue weighted by Crippen LogP contribution is 2.30. The quantitative estimate of drug-likeness (QED) is 0.656. The summed E-state index contributed by atoms with van der Waals surface area (Å²) >= 11 is 0. The van der Waals surface area contributed by atoms with Crippen LogP contribution in [0.2, 0.25) is 0 Å². The summed E-state index contributed by atoms with van der Waals surface area (Å²) in [5.41, 5.74) is 0.782. The van der Waals surface area contributed by atoms with E-state index in [4.69, 9.17) is 9.52 Å². The summed E-state index contributed by atoms with van der Waals surface area (Å²) in [6.45, 7) is 2.68. The molecule has 0 unspecified atom stereocenters. The smallest absolute Gasteiger partial charge is 0.306 e. The molecule has 2 rings (SSSR count). The standard InChI is InChI=1S/C16H22N2O5/c1-10-5-8-23-13(10)15(20)18-7-2-6-17-14(19)11-3-4-12(9-11)16(21)22/h5,8,11-12H,2-4,6-7,9H2,1H3,(H,17,19)(H,18,20)(H,21,22)/t11-,12+/m1/s1. The number of hydrogen-bond acceptors (Lipinski definition) is 4. The zero-order valence-electron chi connectivity index (χ0n) is 13.1. The number of furan rings is 1. The van der Waals surface area contributed by atoms with Crippen molar-refractivity contribution in [3.63, 3.8) is 0 Å². The third-order valence-corrected chi connectivity index (χ3v) is 4.16. The molecule has 0 bridgehead atoms. The van der Waals surface area contributed by atoms with E-state index < -0.39 is 11.9 Å². The Hall–Kier alpha value is -2.31. The van der Waals surface area contributed by atoms with Gasteiger partial charge < -0.3 is 20.2 Å². The molecule has 0 aliphatic heterocycles. The van der Waals surface area contributed by atoms with Crippen LogP contribution in [0.1, 0.15) is 41.8 Å². The minimum Gasteiger partial charge on any atom is -0.481 e. The number of carbonyl (C=O) groups excluding carboxylic acids is 2. The first-order chi connectivity index (χ1) is 11.0. The summed E-state index contributed by atoms with van der Waals surface area (Å²) < 4.78 is 5.09. The summed E-state index contributed by atoms with van der Waals surface area (Å²) in [5.74, 6) is -1.49. The van der Waals surface area contributed by atoms with Gasteiger partial charge in [0.05, 0.1) is 12.2 Å². The molecular formula is C16H22N2O5. The second-order valence-electron chi connectivity index (χ2n) is 5.88. The molecule has 1 aromatic heterocycles. The molecular weight excluding hydrogens is 300 g/mol. The molecule has 1 fully saturated rings. The maximum absolute atomic E-state index is 11.9. The number of aryl methyl sites for hydroxylation is 1. The van der Waals surface area contributed by atoms with Crippen LogP contribution >= 0.6 is 0 Å². The van der Waals surface area contributed by atoms with Crippen molar-refractivity contribution in [2.45, 2.75) is 32.6 Å². The number of amides is 2. The van der Waals surface area contributed by atoms with Gasteiger partial charge in [0.15, 0.2) is 5.76 Å². The van der Waals surface area contributed by atoms with Crippen LogP contribution in [0.15, 0.2) is 16.7 Å². The number of carboxylic acid groups (broad SMARTS) is 1. The lowest BCUT2D eigenvalue weighted by molar-refractivity contribution is -0.141. The van der Waals surface area contributed by atoms with Crippen molar-refractivity contribution in [1.29, 1.82) is 0 Å². The summed E-state index contributed by atoms with van der Waals surface area (Å²) in [4.78, 5) is 34.6. The van der Waals surface area contributed by atoms with Crippen LogP contribution in [0.25, 0.3) is 0 Å². The Morgan fingerprint density at radius 1 is 1.22 bits per heavy atom. The second kappa shape index (κ2) is 7.80. The van der Waals surface area contributed by atoms with Crippen molar-refractivity contribution in [1.82, 2.24) is 10.6 Å². The van der Waals surface area contributed by atoms with Crippen LogP contribution in [0.5, 0.6) is 0 Å². The van der Waals surface area contributed by atoms with Gasteiger partial charge in [-0.1, -0.05) is 0 Å². The molecule has 126 valence electrons. The lowest BCUT2D eigenvalue weighted by atomic mass is 10.0. The van der Waals surface area contributed by atoms with Gasteiger partial charge in [0, 0.05) is 24.6 Å². The predicted molar refractivity (Wildman–Crippen MR) is 81.9 cm³/mol. The second-order valence-corrected chi connectivity index (χ2v) is 5.88. The van der Waals surface area contributed by atoms with Gasteiger partial charge in [-0.25, -0.2) is 0 Å². The summed E-state index contributed by atoms with van der Waals surface area (Å²) in [6, 6.07) is 1.72. The minimum absolute atomic E-state index is 0.0954. The average molecular weight is 322 g/mol. The summed E-state index contributed by atoms with van der Waals surface area (Å²) in [6.07, 6.45) is 3.67. The van der Waals surface area contributed by atoms with Gasteiger partial charge in [-0.3, -0.25) is 14.4 Å². The molecule has 3 N–H and O–H groups in total. The van der Waals surface area contributed by atoms with Crippen LogP contribution < -0.4 is 10.6 Å². The average Bonchev–Trinajstić information content (AvgIpc) is 3.15. The Kier molecular flexibility index (Phi) is 5.78. The van der Waals surface area contributed by atoms with Crippen molar-refractivity contribution >= 4 is 17.8 Å². The number of carboxylic acids is 1. The molecule has 1 aliphatic rings. The van der Waals surface area contributed by atoms with E-state index in [9.17, 15) is 14.4 Å². The van der Waals surface area contributed by atoms with Gasteiger partial charge in [0.25, 0.3) is 5.91 Å². The Morgan fingerprint density at radius 2 is 1.91 bits per heavy atom. The van der Waals surface area contributed by atoms with Crippen molar-refractivity contribution in [3.8, 4) is 0 Å². The van der Waals surface area contributed by atoms with Crippen molar-refractivity contribution < 1.29 is 23.9 Å². The van der Waals surface area contributed by atoms with E-state index in [1.165, 1.54) is 6.26 Å². The highest BCUT2D eigenvalue weighted by atomic mass is 16.4. The first kappa shape index (κ1) is 17.1. The molecule has 2 atom stereocenters. The molecule has 1 heterocycles. The van der Waals surface area contributed by atoms with Crippen LogP contribution in [-0.2, 0) is 9.59 Å². The fourth-order valence-corrected chi connectivity index (χ4v) is 2.78. The topological polar surface area (TPSA) is 109 Å². The molecule has 1 saturated carbocycles. The van der Waals surface area contributed by atoms with Gasteiger partial charge in [-0.2, -0.15) is 0 Å². The number of nitrogens with one attached hydrogen (secondary N) is 2. The van der Waals surface area contributed by atoms with E-state index in [0.717, 1.165) is 5.56 Å². The van der Waals surface area contributed by atoms with Gasteiger partial charge in [0.1, 0.15) is 0 Å². The monoisotopic (exact) mass is 322 g/mol. The highest BCUT2D eigenvalue weighted by Gasteiger charge is 2.33. The summed E-state index contributed by atoms with van der Waals surface area (Å²) in [5, 5.41) is 14.5. The molecule has 7 heteroatoms. The molecule has 0 radical (unpaired) electrons. The lowest BCUT2D eigenvalue weighted by Crippen LogP contribution is -2.33. The minimum atomic E-state index is -0.823. The first-order valence-corrected chi connectivity index (χ1v) is 7.82. The molecule has 0 aromatic carbocycles. The van der Waals surface area contributed by atoms with Gasteiger partial charge in [-0.05, 0) is 38.7 Å². The Labute approximate surface area is 134 Å². The van der Waals surface area contributed by atoms with Gasteiger partial charge in [-0.15, -0.1) is 0 Å². The Bertz CT molecular complexity index is 581. The third kappa shape index (κ3) is 4.58. The third-order valence-electron chi connectivity index (χ3n) is 4.16. The predicted octanol–water partition coefficient (Wildman–Crippen LogP) is 1.33. The number of hydrogen-bond donors (Lipinski definition) is 3. The van der Waals surface area contributed by atoms with E-state index in [-0.39, 0.29) is 17.7 Å². The van der Waals surface area contributed by atoms with E-state index in [0.29, 0.717) is 44.5 Å². The van der Waals surface area contributed by atoms with E-state index in [1.54, 1.807) is 13.0 Å². The van der Waals surface area contributed by atoms with Crippen LogP contribution in [0.3, 0.4) is 0 Å². The molecule has 2 amide bonds. The Morgan fingerprint density at radius 3 is 2.52 bits per heavy atom. The SMILES string of the molecule is Cc1ccoc1C(=O)NCCCNC(=O)[C@@H]1CC[C@H](C(=O)O)C1. The van der Waals surface area contributed by atoms with E-state index in [1.807, 2.05) is 0 Å². The molecule has 0 saturated heterocycles.